The Morgan fingerprint density at radius 3 is 2.93 bits per heavy atom. The number of aromatic nitrogens is 2. The summed E-state index contributed by atoms with van der Waals surface area (Å²) in [6.45, 7) is 3.61. The minimum Gasteiger partial charge on any atom is -0.486 e. The summed E-state index contributed by atoms with van der Waals surface area (Å²) in [5.74, 6) is 2.72. The molecule has 1 unspecified atom stereocenters. The van der Waals surface area contributed by atoms with Crippen LogP contribution < -0.4 is 14.8 Å². The van der Waals surface area contributed by atoms with Crippen molar-refractivity contribution in [2.75, 3.05) is 33.4 Å². The lowest BCUT2D eigenvalue weighted by Gasteiger charge is -2.23. The number of halogens is 2. The van der Waals surface area contributed by atoms with Crippen LogP contribution in [-0.2, 0) is 13.6 Å². The van der Waals surface area contributed by atoms with Gasteiger partial charge in [0, 0.05) is 45.8 Å². The molecule has 3 heterocycles. The Balaban J connectivity index is 0.00000225. The number of hydrogen-bond donors (Lipinski definition) is 1. The van der Waals surface area contributed by atoms with Gasteiger partial charge in [-0.1, -0.05) is 11.6 Å². The van der Waals surface area contributed by atoms with E-state index in [1.165, 1.54) is 5.56 Å². The Kier molecular flexibility index (Phi) is 6.92. The van der Waals surface area contributed by atoms with Crippen LogP contribution in [0.3, 0.4) is 0 Å². The largest absolute Gasteiger partial charge is 0.486 e. The van der Waals surface area contributed by atoms with Gasteiger partial charge in [0.15, 0.2) is 17.5 Å². The van der Waals surface area contributed by atoms with Crippen LogP contribution in [0.1, 0.15) is 23.5 Å². The molecule has 1 atom stereocenters. The van der Waals surface area contributed by atoms with Crippen LogP contribution in [0.5, 0.6) is 11.5 Å². The molecule has 1 fully saturated rings. The molecule has 28 heavy (non-hydrogen) atoms. The maximum Gasteiger partial charge on any atom is 0.193 e. The van der Waals surface area contributed by atoms with Gasteiger partial charge in [0.1, 0.15) is 13.2 Å². The van der Waals surface area contributed by atoms with E-state index in [4.69, 9.17) is 21.1 Å². The van der Waals surface area contributed by atoms with Gasteiger partial charge < -0.3 is 19.7 Å². The summed E-state index contributed by atoms with van der Waals surface area (Å²) in [5.41, 5.74) is 2.32. The third kappa shape index (κ3) is 4.48. The topological polar surface area (TPSA) is 63.9 Å². The molecular weight excluding hydrogens is 493 g/mol. The summed E-state index contributed by atoms with van der Waals surface area (Å²) in [6, 6.07) is 3.89. The van der Waals surface area contributed by atoms with E-state index < -0.39 is 0 Å². The second kappa shape index (κ2) is 9.21. The monoisotopic (exact) mass is 517 g/mol. The standard InChI is InChI=1S/C19H24ClN5O2.HI/c1-21-19(25-4-3-14(12-25)15-10-23-24(2)11-15)22-9-13-7-16(20)18-17(8-13)26-5-6-27-18;/h7-8,10-11,14H,3-6,9,12H2,1-2H3,(H,21,22);1H. The molecule has 7 nitrogen and oxygen atoms in total. The van der Waals surface area contributed by atoms with Crippen molar-refractivity contribution in [2.24, 2.45) is 12.0 Å². The molecule has 1 aromatic heterocycles. The van der Waals surface area contributed by atoms with Crippen LogP contribution in [0.25, 0.3) is 0 Å². The molecule has 0 saturated carbocycles. The Morgan fingerprint density at radius 2 is 2.18 bits per heavy atom. The number of nitrogens with zero attached hydrogens (tertiary/aromatic N) is 4. The smallest absolute Gasteiger partial charge is 0.193 e. The summed E-state index contributed by atoms with van der Waals surface area (Å²) in [4.78, 5) is 6.74. The lowest BCUT2D eigenvalue weighted by atomic mass is 10.0. The van der Waals surface area contributed by atoms with Crippen molar-refractivity contribution < 1.29 is 9.47 Å². The molecule has 0 bridgehead atoms. The first-order valence-corrected chi connectivity index (χ1v) is 9.54. The van der Waals surface area contributed by atoms with Crippen molar-refractivity contribution in [3.8, 4) is 11.5 Å². The number of benzene rings is 1. The number of aryl methyl sites for hydroxylation is 1. The highest BCUT2D eigenvalue weighted by Gasteiger charge is 2.27. The average Bonchev–Trinajstić information content (AvgIpc) is 3.32. The normalized spacial score (nSPS) is 18.8. The molecule has 0 aliphatic carbocycles. The lowest BCUT2D eigenvalue weighted by Crippen LogP contribution is -2.39. The van der Waals surface area contributed by atoms with Crippen LogP contribution in [-0.4, -0.2) is 54.0 Å². The fraction of sp³-hybridized carbons (Fsp3) is 0.474. The third-order valence-corrected chi connectivity index (χ3v) is 5.28. The number of nitrogens with one attached hydrogen (secondary N) is 1. The predicted molar refractivity (Wildman–Crippen MR) is 120 cm³/mol. The number of guanidine groups is 1. The lowest BCUT2D eigenvalue weighted by molar-refractivity contribution is 0.171. The first kappa shape index (κ1) is 21.0. The number of hydrogen-bond acceptors (Lipinski definition) is 4. The number of aliphatic imine (C=N–C) groups is 1. The maximum atomic E-state index is 6.33. The van der Waals surface area contributed by atoms with E-state index in [1.54, 1.807) is 0 Å². The fourth-order valence-electron chi connectivity index (χ4n) is 3.66. The molecule has 9 heteroatoms. The van der Waals surface area contributed by atoms with Crippen molar-refractivity contribution in [3.05, 3.63) is 40.7 Å². The van der Waals surface area contributed by atoms with Crippen LogP contribution in [0.15, 0.2) is 29.5 Å². The van der Waals surface area contributed by atoms with Gasteiger partial charge >= 0.3 is 0 Å². The van der Waals surface area contributed by atoms with Gasteiger partial charge in [0.2, 0.25) is 0 Å². The van der Waals surface area contributed by atoms with E-state index in [0.29, 0.717) is 42.2 Å². The van der Waals surface area contributed by atoms with Crippen molar-refractivity contribution in [1.82, 2.24) is 20.0 Å². The average molecular weight is 518 g/mol. The van der Waals surface area contributed by atoms with Crippen molar-refractivity contribution in [2.45, 2.75) is 18.9 Å². The first-order chi connectivity index (χ1) is 13.1. The quantitative estimate of drug-likeness (QED) is 0.385. The van der Waals surface area contributed by atoms with Crippen LogP contribution in [0.2, 0.25) is 5.02 Å². The second-order valence-electron chi connectivity index (χ2n) is 6.88. The summed E-state index contributed by atoms with van der Waals surface area (Å²) in [6.07, 6.45) is 5.16. The van der Waals surface area contributed by atoms with E-state index in [0.717, 1.165) is 31.0 Å². The molecule has 1 aromatic carbocycles. The van der Waals surface area contributed by atoms with E-state index in [9.17, 15) is 0 Å². The van der Waals surface area contributed by atoms with Crippen LogP contribution in [0.4, 0.5) is 0 Å². The Bertz CT molecular complexity index is 857. The SMILES string of the molecule is CN=C(NCc1cc(Cl)c2c(c1)OCCO2)N1CCC(c2cnn(C)c2)C1.I. The summed E-state index contributed by atoms with van der Waals surface area (Å²) < 4.78 is 13.1. The number of ether oxygens (including phenoxy) is 2. The van der Waals surface area contributed by atoms with Gasteiger partial charge in [-0.25, -0.2) is 0 Å². The van der Waals surface area contributed by atoms with Crippen molar-refractivity contribution >= 4 is 41.5 Å². The summed E-state index contributed by atoms with van der Waals surface area (Å²) >= 11 is 6.33. The van der Waals surface area contributed by atoms with E-state index in [2.05, 4.69) is 26.5 Å². The van der Waals surface area contributed by atoms with Gasteiger partial charge in [-0.15, -0.1) is 24.0 Å². The van der Waals surface area contributed by atoms with E-state index in [1.807, 2.05) is 37.1 Å². The van der Waals surface area contributed by atoms with Gasteiger partial charge in [0.05, 0.1) is 11.2 Å². The second-order valence-corrected chi connectivity index (χ2v) is 7.29. The van der Waals surface area contributed by atoms with Gasteiger partial charge in [-0.2, -0.15) is 5.10 Å². The molecule has 2 aliphatic rings. The highest BCUT2D eigenvalue weighted by atomic mass is 127. The molecule has 0 radical (unpaired) electrons. The number of likely N-dealkylation sites (tertiary alicyclic amines) is 1. The third-order valence-electron chi connectivity index (χ3n) is 5.00. The van der Waals surface area contributed by atoms with Gasteiger partial charge in [0.25, 0.3) is 0 Å². The molecule has 0 spiro atoms. The molecular formula is C19H25ClIN5O2. The van der Waals surface area contributed by atoms with E-state index >= 15 is 0 Å². The number of rotatable bonds is 3. The molecule has 4 rings (SSSR count). The summed E-state index contributed by atoms with van der Waals surface area (Å²) in [5, 5.41) is 8.31. The highest BCUT2D eigenvalue weighted by molar-refractivity contribution is 14.0. The zero-order valence-corrected chi connectivity index (χ0v) is 19.1. The summed E-state index contributed by atoms with van der Waals surface area (Å²) in [7, 11) is 3.77. The van der Waals surface area contributed by atoms with Gasteiger partial charge in [-0.05, 0) is 29.7 Å². The molecule has 1 N–H and O–H groups in total. The fourth-order valence-corrected chi connectivity index (χ4v) is 3.94. The minimum absolute atomic E-state index is 0. The predicted octanol–water partition coefficient (Wildman–Crippen LogP) is 3.03. The molecule has 1 saturated heterocycles. The molecule has 2 aromatic rings. The highest BCUT2D eigenvalue weighted by Crippen LogP contribution is 2.38. The Labute approximate surface area is 187 Å². The molecule has 2 aliphatic heterocycles. The Morgan fingerprint density at radius 1 is 1.36 bits per heavy atom. The maximum absolute atomic E-state index is 6.33. The first-order valence-electron chi connectivity index (χ1n) is 9.16. The van der Waals surface area contributed by atoms with Crippen LogP contribution >= 0.6 is 35.6 Å². The van der Waals surface area contributed by atoms with Crippen molar-refractivity contribution in [1.29, 1.82) is 0 Å². The van der Waals surface area contributed by atoms with Crippen LogP contribution in [0, 0.1) is 0 Å². The zero-order chi connectivity index (χ0) is 18.8. The molecule has 152 valence electrons. The van der Waals surface area contributed by atoms with E-state index in [-0.39, 0.29) is 24.0 Å². The zero-order valence-electron chi connectivity index (χ0n) is 16.0. The van der Waals surface area contributed by atoms with Crippen molar-refractivity contribution in [3.63, 3.8) is 0 Å². The molecule has 0 amide bonds. The van der Waals surface area contributed by atoms with Gasteiger partial charge in [-0.3, -0.25) is 9.67 Å². The number of fused-ring (bicyclic) bond motifs is 1. The Hall–Kier alpha value is -1.68. The minimum atomic E-state index is 0.